The van der Waals surface area contributed by atoms with Gasteiger partial charge in [0.25, 0.3) is 5.91 Å². The largest absolute Gasteiger partial charge is 0.480 e. The second-order valence-corrected chi connectivity index (χ2v) is 5.87. The first-order valence-electron chi connectivity index (χ1n) is 7.39. The fourth-order valence-electron chi connectivity index (χ4n) is 2.58. The van der Waals surface area contributed by atoms with Gasteiger partial charge in [-0.25, -0.2) is 4.79 Å². The van der Waals surface area contributed by atoms with E-state index >= 15 is 0 Å². The van der Waals surface area contributed by atoms with Gasteiger partial charge in [-0.1, -0.05) is 35.9 Å². The Hall–Kier alpha value is -2.79. The molecule has 3 rings (SSSR count). The van der Waals surface area contributed by atoms with Crippen LogP contribution in [-0.2, 0) is 11.2 Å². The van der Waals surface area contributed by atoms with Crippen LogP contribution in [0.25, 0.3) is 10.9 Å². The Labute approximate surface area is 143 Å². The van der Waals surface area contributed by atoms with Crippen LogP contribution in [0.3, 0.4) is 0 Å². The van der Waals surface area contributed by atoms with Crippen molar-refractivity contribution >= 4 is 34.4 Å². The fraction of sp³-hybridized carbons (Fsp3) is 0.111. The summed E-state index contributed by atoms with van der Waals surface area (Å²) in [5.74, 6) is -1.49. The molecular weight excluding hydrogens is 328 g/mol. The van der Waals surface area contributed by atoms with Crippen molar-refractivity contribution in [3.8, 4) is 0 Å². The van der Waals surface area contributed by atoms with Gasteiger partial charge < -0.3 is 15.4 Å². The molecule has 0 aliphatic heterocycles. The van der Waals surface area contributed by atoms with Crippen molar-refractivity contribution in [2.45, 2.75) is 12.5 Å². The molecule has 0 fully saturated rings. The molecule has 6 heteroatoms. The molecule has 1 heterocycles. The number of aromatic nitrogens is 1. The summed E-state index contributed by atoms with van der Waals surface area (Å²) in [7, 11) is 0. The molecule has 0 aliphatic carbocycles. The summed E-state index contributed by atoms with van der Waals surface area (Å²) >= 11 is 5.95. The van der Waals surface area contributed by atoms with Gasteiger partial charge in [-0.3, -0.25) is 4.79 Å². The number of carbonyl (C=O) groups excluding carboxylic acids is 1. The van der Waals surface area contributed by atoms with Gasteiger partial charge in [-0.15, -0.1) is 0 Å². The van der Waals surface area contributed by atoms with Gasteiger partial charge in [-0.05, 0) is 29.8 Å². The van der Waals surface area contributed by atoms with Crippen molar-refractivity contribution in [3.63, 3.8) is 0 Å². The number of carboxylic acids is 1. The lowest BCUT2D eigenvalue weighted by Crippen LogP contribution is -2.42. The summed E-state index contributed by atoms with van der Waals surface area (Å²) in [4.78, 5) is 26.8. The van der Waals surface area contributed by atoms with Crippen molar-refractivity contribution in [2.24, 2.45) is 0 Å². The zero-order valence-electron chi connectivity index (χ0n) is 12.6. The van der Waals surface area contributed by atoms with Crippen LogP contribution < -0.4 is 5.32 Å². The van der Waals surface area contributed by atoms with Gasteiger partial charge in [0.15, 0.2) is 0 Å². The molecule has 3 aromatic rings. The summed E-state index contributed by atoms with van der Waals surface area (Å²) in [5, 5.41) is 13.5. The van der Waals surface area contributed by atoms with Crippen LogP contribution in [0, 0.1) is 0 Å². The molecule has 122 valence electrons. The second kappa shape index (κ2) is 6.76. The maximum atomic E-state index is 12.2. The fourth-order valence-corrected chi connectivity index (χ4v) is 2.75. The number of H-pyrrole nitrogens is 1. The van der Waals surface area contributed by atoms with E-state index in [1.165, 1.54) is 0 Å². The third-order valence-corrected chi connectivity index (χ3v) is 4.03. The molecule has 1 atom stereocenters. The highest BCUT2D eigenvalue weighted by Gasteiger charge is 2.22. The lowest BCUT2D eigenvalue weighted by molar-refractivity contribution is -0.139. The number of benzene rings is 2. The van der Waals surface area contributed by atoms with E-state index in [4.69, 9.17) is 11.6 Å². The Kier molecular flexibility index (Phi) is 4.53. The molecule has 1 aromatic heterocycles. The lowest BCUT2D eigenvalue weighted by atomic mass is 10.0. The van der Waals surface area contributed by atoms with E-state index in [9.17, 15) is 14.7 Å². The molecule has 1 amide bonds. The van der Waals surface area contributed by atoms with Crippen LogP contribution in [0.5, 0.6) is 0 Å². The summed E-state index contributed by atoms with van der Waals surface area (Å²) in [6.07, 6.45) is 1.92. The minimum atomic E-state index is -1.08. The van der Waals surface area contributed by atoms with Gasteiger partial charge in [0.1, 0.15) is 6.04 Å². The van der Waals surface area contributed by atoms with E-state index in [0.717, 1.165) is 16.5 Å². The Morgan fingerprint density at radius 3 is 2.62 bits per heavy atom. The first kappa shape index (κ1) is 16.1. The SMILES string of the molecule is O=C(NC(Cc1c[nH]c2cc(Cl)ccc12)C(=O)O)c1ccccc1. The van der Waals surface area contributed by atoms with Crippen molar-refractivity contribution in [1.29, 1.82) is 0 Å². The highest BCUT2D eigenvalue weighted by molar-refractivity contribution is 6.31. The van der Waals surface area contributed by atoms with Gasteiger partial charge in [-0.2, -0.15) is 0 Å². The number of carboxylic acid groups (broad SMARTS) is 1. The van der Waals surface area contributed by atoms with E-state index in [0.29, 0.717) is 10.6 Å². The minimum Gasteiger partial charge on any atom is -0.480 e. The molecule has 0 aliphatic rings. The molecule has 1 unspecified atom stereocenters. The van der Waals surface area contributed by atoms with Gasteiger partial charge in [0.05, 0.1) is 0 Å². The Bertz CT molecular complexity index is 890. The summed E-state index contributed by atoms with van der Waals surface area (Å²) in [6.45, 7) is 0. The summed E-state index contributed by atoms with van der Waals surface area (Å²) < 4.78 is 0. The maximum Gasteiger partial charge on any atom is 0.326 e. The first-order valence-corrected chi connectivity index (χ1v) is 7.76. The predicted molar refractivity (Wildman–Crippen MR) is 92.3 cm³/mol. The second-order valence-electron chi connectivity index (χ2n) is 5.44. The average Bonchev–Trinajstić information content (AvgIpc) is 2.96. The average molecular weight is 343 g/mol. The number of aromatic amines is 1. The summed E-state index contributed by atoms with van der Waals surface area (Å²) in [6, 6.07) is 12.9. The van der Waals surface area contributed by atoms with E-state index < -0.39 is 17.9 Å². The number of aliphatic carboxylic acids is 1. The molecule has 24 heavy (non-hydrogen) atoms. The van der Waals surface area contributed by atoms with Crippen molar-refractivity contribution < 1.29 is 14.7 Å². The molecule has 0 bridgehead atoms. The van der Waals surface area contributed by atoms with E-state index in [2.05, 4.69) is 10.3 Å². The molecule has 0 saturated heterocycles. The number of nitrogens with one attached hydrogen (secondary N) is 2. The quantitative estimate of drug-likeness (QED) is 0.665. The third kappa shape index (κ3) is 3.41. The lowest BCUT2D eigenvalue weighted by Gasteiger charge is -2.14. The molecule has 0 spiro atoms. The molecule has 0 radical (unpaired) electrons. The number of carbonyl (C=O) groups is 2. The van der Waals surface area contributed by atoms with Crippen molar-refractivity contribution in [2.75, 3.05) is 0 Å². The number of rotatable bonds is 5. The van der Waals surface area contributed by atoms with Crippen LogP contribution in [0.4, 0.5) is 0 Å². The first-order chi connectivity index (χ1) is 11.5. The number of amides is 1. The minimum absolute atomic E-state index is 0.176. The zero-order valence-corrected chi connectivity index (χ0v) is 13.4. The topological polar surface area (TPSA) is 82.2 Å². The van der Waals surface area contributed by atoms with Gasteiger partial charge >= 0.3 is 5.97 Å². The number of hydrogen-bond acceptors (Lipinski definition) is 2. The normalized spacial score (nSPS) is 12.0. The monoisotopic (exact) mass is 342 g/mol. The molecule has 3 N–H and O–H groups in total. The van der Waals surface area contributed by atoms with Crippen molar-refractivity contribution in [1.82, 2.24) is 10.3 Å². The predicted octanol–water partition coefficient (Wildman–Crippen LogP) is 3.25. The van der Waals surface area contributed by atoms with Crippen LogP contribution in [0.1, 0.15) is 15.9 Å². The van der Waals surface area contributed by atoms with Crippen molar-refractivity contribution in [3.05, 3.63) is 70.9 Å². The van der Waals surface area contributed by atoms with Crippen LogP contribution in [-0.4, -0.2) is 28.0 Å². The third-order valence-electron chi connectivity index (χ3n) is 3.79. The van der Waals surface area contributed by atoms with E-state index in [1.807, 2.05) is 6.07 Å². The Balaban J connectivity index is 1.81. The number of hydrogen-bond donors (Lipinski definition) is 3. The Morgan fingerprint density at radius 2 is 1.92 bits per heavy atom. The summed E-state index contributed by atoms with van der Waals surface area (Å²) in [5.41, 5.74) is 2.06. The molecule has 2 aromatic carbocycles. The van der Waals surface area contributed by atoms with E-state index in [-0.39, 0.29) is 6.42 Å². The van der Waals surface area contributed by atoms with Crippen LogP contribution >= 0.6 is 11.6 Å². The number of halogens is 1. The molecule has 5 nitrogen and oxygen atoms in total. The highest BCUT2D eigenvalue weighted by Crippen LogP contribution is 2.23. The van der Waals surface area contributed by atoms with E-state index in [1.54, 1.807) is 48.7 Å². The Morgan fingerprint density at radius 1 is 1.17 bits per heavy atom. The van der Waals surface area contributed by atoms with Crippen LogP contribution in [0.2, 0.25) is 5.02 Å². The van der Waals surface area contributed by atoms with Gasteiger partial charge in [0.2, 0.25) is 0 Å². The number of fused-ring (bicyclic) bond motifs is 1. The molecule has 0 saturated carbocycles. The van der Waals surface area contributed by atoms with Gasteiger partial charge in [0, 0.05) is 34.1 Å². The standard InChI is InChI=1S/C18H15ClN2O3/c19-13-6-7-14-12(10-20-15(14)9-13)8-16(18(23)24)21-17(22)11-4-2-1-3-5-11/h1-7,9-10,16,20H,8H2,(H,21,22)(H,23,24). The molecular formula is C18H15ClN2O3. The maximum absolute atomic E-state index is 12.2. The smallest absolute Gasteiger partial charge is 0.326 e. The highest BCUT2D eigenvalue weighted by atomic mass is 35.5. The van der Waals surface area contributed by atoms with Crippen LogP contribution in [0.15, 0.2) is 54.7 Å². The zero-order chi connectivity index (χ0) is 17.1.